The van der Waals surface area contributed by atoms with Crippen LogP contribution in [-0.4, -0.2) is 58.5 Å². The van der Waals surface area contributed by atoms with Gasteiger partial charge in [0.2, 0.25) is 0 Å². The fraction of sp³-hybridized carbons (Fsp3) is 0.733. The van der Waals surface area contributed by atoms with E-state index >= 15 is 0 Å². The number of aliphatic hydroxyl groups excluding tert-OH is 1. The molecule has 0 radical (unpaired) electrons. The van der Waals surface area contributed by atoms with Gasteiger partial charge in [0.05, 0.1) is 11.8 Å². The summed E-state index contributed by atoms with van der Waals surface area (Å²) in [5.74, 6) is 1.67. The number of rotatable bonds is 4. The first-order valence-electron chi connectivity index (χ1n) is 7.71. The molecule has 0 bridgehead atoms. The molecule has 2 aliphatic carbocycles. The second-order valence-electron chi connectivity index (χ2n) is 6.53. The fourth-order valence-corrected chi connectivity index (χ4v) is 3.21. The third-order valence-corrected chi connectivity index (χ3v) is 5.15. The molecule has 2 unspecified atom stereocenters. The Morgan fingerprint density at radius 1 is 1.15 bits per heavy atom. The summed E-state index contributed by atoms with van der Waals surface area (Å²) < 4.78 is 0. The van der Waals surface area contributed by atoms with Crippen molar-refractivity contribution in [3.8, 4) is 0 Å². The van der Waals surface area contributed by atoms with Gasteiger partial charge in [0.25, 0.3) is 0 Å². The Kier molecular flexibility index (Phi) is 2.93. The maximum atomic E-state index is 9.74. The van der Waals surface area contributed by atoms with Crippen LogP contribution in [0.2, 0.25) is 0 Å². The molecule has 0 aromatic carbocycles. The lowest BCUT2D eigenvalue weighted by molar-refractivity contribution is -0.0317. The van der Waals surface area contributed by atoms with E-state index in [0.29, 0.717) is 18.0 Å². The standard InChI is InChI=1S/C15H22N4O/c1-18(13-5-6-14(13)20)11-8-19(9-11)15-7-4-12(16-17-15)10-2-3-10/h4,7,10-11,13-14,20H,2-3,5-6,8-9H2,1H3. The summed E-state index contributed by atoms with van der Waals surface area (Å²) in [6.07, 6.45) is 4.51. The van der Waals surface area contributed by atoms with Crippen LogP contribution in [0.1, 0.15) is 37.3 Å². The highest BCUT2D eigenvalue weighted by molar-refractivity contribution is 5.42. The predicted octanol–water partition coefficient (Wildman–Crippen LogP) is 0.998. The molecular formula is C15H22N4O. The molecule has 108 valence electrons. The van der Waals surface area contributed by atoms with Gasteiger partial charge >= 0.3 is 0 Å². The Bertz CT molecular complexity index is 481. The third-order valence-electron chi connectivity index (χ3n) is 5.15. The highest BCUT2D eigenvalue weighted by Gasteiger charge is 2.40. The normalized spacial score (nSPS) is 30.2. The number of anilines is 1. The van der Waals surface area contributed by atoms with Gasteiger partial charge in [-0.2, -0.15) is 5.10 Å². The smallest absolute Gasteiger partial charge is 0.151 e. The van der Waals surface area contributed by atoms with Crippen LogP contribution in [0.4, 0.5) is 5.82 Å². The zero-order valence-electron chi connectivity index (χ0n) is 11.9. The molecule has 5 nitrogen and oxygen atoms in total. The molecule has 1 N–H and O–H groups in total. The summed E-state index contributed by atoms with van der Waals surface area (Å²) in [5.41, 5.74) is 1.15. The Morgan fingerprint density at radius 3 is 2.45 bits per heavy atom. The topological polar surface area (TPSA) is 52.5 Å². The molecular weight excluding hydrogens is 252 g/mol. The SMILES string of the molecule is CN(C1CN(c2ccc(C3CC3)nn2)C1)C1CCC1O. The summed E-state index contributed by atoms with van der Waals surface area (Å²) in [4.78, 5) is 4.62. The number of hydrogen-bond acceptors (Lipinski definition) is 5. The highest BCUT2D eigenvalue weighted by atomic mass is 16.3. The maximum absolute atomic E-state index is 9.74. The van der Waals surface area contributed by atoms with Gasteiger partial charge in [-0.1, -0.05) is 0 Å². The first-order chi connectivity index (χ1) is 9.72. The second kappa shape index (κ2) is 4.67. The molecule has 1 aromatic rings. The van der Waals surface area contributed by atoms with Crippen molar-refractivity contribution in [1.29, 1.82) is 0 Å². The number of aromatic nitrogens is 2. The highest BCUT2D eigenvalue weighted by Crippen LogP contribution is 2.39. The van der Waals surface area contributed by atoms with Crippen LogP contribution >= 0.6 is 0 Å². The lowest BCUT2D eigenvalue weighted by Crippen LogP contribution is -2.64. The van der Waals surface area contributed by atoms with E-state index in [-0.39, 0.29) is 6.10 Å². The first-order valence-corrected chi connectivity index (χ1v) is 7.71. The van der Waals surface area contributed by atoms with Crippen molar-refractivity contribution < 1.29 is 5.11 Å². The molecule has 2 saturated carbocycles. The van der Waals surface area contributed by atoms with Crippen molar-refractivity contribution in [3.05, 3.63) is 17.8 Å². The van der Waals surface area contributed by atoms with E-state index in [1.807, 2.05) is 0 Å². The number of likely N-dealkylation sites (N-methyl/N-ethyl adjacent to an activating group) is 1. The van der Waals surface area contributed by atoms with Crippen LogP contribution in [0.25, 0.3) is 0 Å². The largest absolute Gasteiger partial charge is 0.391 e. The summed E-state index contributed by atoms with van der Waals surface area (Å²) in [7, 11) is 2.14. The Morgan fingerprint density at radius 2 is 1.95 bits per heavy atom. The summed E-state index contributed by atoms with van der Waals surface area (Å²) in [6, 6.07) is 5.15. The van der Waals surface area contributed by atoms with Crippen LogP contribution in [0.15, 0.2) is 12.1 Å². The van der Waals surface area contributed by atoms with Gasteiger partial charge in [0, 0.05) is 31.1 Å². The molecule has 2 heterocycles. The first kappa shape index (κ1) is 12.5. The van der Waals surface area contributed by atoms with Gasteiger partial charge in [0.1, 0.15) is 0 Å². The molecule has 1 saturated heterocycles. The molecule has 0 spiro atoms. The zero-order valence-corrected chi connectivity index (χ0v) is 11.9. The third kappa shape index (κ3) is 2.09. The van der Waals surface area contributed by atoms with Gasteiger partial charge in [-0.25, -0.2) is 0 Å². The van der Waals surface area contributed by atoms with Crippen molar-refractivity contribution in [3.63, 3.8) is 0 Å². The minimum Gasteiger partial charge on any atom is -0.391 e. The maximum Gasteiger partial charge on any atom is 0.151 e. The van der Waals surface area contributed by atoms with Gasteiger partial charge in [-0.15, -0.1) is 5.10 Å². The quantitative estimate of drug-likeness (QED) is 0.887. The average Bonchev–Trinajstić information content (AvgIpc) is 3.20. The Hall–Kier alpha value is -1.20. The zero-order chi connectivity index (χ0) is 13.7. The molecule has 3 aliphatic rings. The lowest BCUT2D eigenvalue weighted by atomic mass is 9.86. The minimum atomic E-state index is -0.119. The van der Waals surface area contributed by atoms with Crippen molar-refractivity contribution in [1.82, 2.24) is 15.1 Å². The van der Waals surface area contributed by atoms with Gasteiger partial charge in [-0.3, -0.25) is 4.90 Å². The van der Waals surface area contributed by atoms with Crippen molar-refractivity contribution >= 4 is 5.82 Å². The predicted molar refractivity (Wildman–Crippen MR) is 76.8 cm³/mol. The number of aliphatic hydroxyl groups is 1. The van der Waals surface area contributed by atoms with Crippen LogP contribution in [0, 0.1) is 0 Å². The monoisotopic (exact) mass is 274 g/mol. The van der Waals surface area contributed by atoms with Crippen LogP contribution < -0.4 is 4.90 Å². The second-order valence-corrected chi connectivity index (χ2v) is 6.53. The molecule has 1 aromatic heterocycles. The summed E-state index contributed by atoms with van der Waals surface area (Å²) >= 11 is 0. The molecule has 20 heavy (non-hydrogen) atoms. The van der Waals surface area contributed by atoms with E-state index in [1.165, 1.54) is 12.8 Å². The van der Waals surface area contributed by atoms with Crippen LogP contribution in [0.5, 0.6) is 0 Å². The van der Waals surface area contributed by atoms with E-state index in [2.05, 4.69) is 39.2 Å². The Balaban J connectivity index is 1.33. The van der Waals surface area contributed by atoms with E-state index in [1.54, 1.807) is 0 Å². The summed E-state index contributed by atoms with van der Waals surface area (Å²) in [5, 5.41) is 18.4. The van der Waals surface area contributed by atoms with Gasteiger partial charge < -0.3 is 10.0 Å². The molecule has 5 heteroatoms. The van der Waals surface area contributed by atoms with Crippen molar-refractivity contribution in [2.75, 3.05) is 25.0 Å². The van der Waals surface area contributed by atoms with E-state index in [9.17, 15) is 5.11 Å². The van der Waals surface area contributed by atoms with Crippen LogP contribution in [-0.2, 0) is 0 Å². The van der Waals surface area contributed by atoms with Gasteiger partial charge in [-0.05, 0) is 44.9 Å². The fourth-order valence-electron chi connectivity index (χ4n) is 3.21. The van der Waals surface area contributed by atoms with E-state index in [0.717, 1.165) is 37.4 Å². The molecule has 1 aliphatic heterocycles. The van der Waals surface area contributed by atoms with E-state index < -0.39 is 0 Å². The van der Waals surface area contributed by atoms with Gasteiger partial charge in [0.15, 0.2) is 5.82 Å². The number of nitrogens with zero attached hydrogens (tertiary/aromatic N) is 4. The molecule has 4 rings (SSSR count). The Labute approximate surface area is 119 Å². The van der Waals surface area contributed by atoms with Crippen molar-refractivity contribution in [2.45, 2.75) is 49.8 Å². The van der Waals surface area contributed by atoms with E-state index in [4.69, 9.17) is 0 Å². The molecule has 2 atom stereocenters. The average molecular weight is 274 g/mol. The minimum absolute atomic E-state index is 0.119. The number of hydrogen-bond donors (Lipinski definition) is 1. The molecule has 0 amide bonds. The van der Waals surface area contributed by atoms with Crippen LogP contribution in [0.3, 0.4) is 0 Å². The van der Waals surface area contributed by atoms with Crippen molar-refractivity contribution in [2.24, 2.45) is 0 Å². The lowest BCUT2D eigenvalue weighted by Gasteiger charge is -2.50. The molecule has 3 fully saturated rings. The summed E-state index contributed by atoms with van der Waals surface area (Å²) in [6.45, 7) is 1.99.